The van der Waals surface area contributed by atoms with Crippen molar-refractivity contribution in [2.24, 2.45) is 0 Å². The van der Waals surface area contributed by atoms with E-state index in [2.05, 4.69) is 4.74 Å². The van der Waals surface area contributed by atoms with Gasteiger partial charge in [0, 0.05) is 26.1 Å². The first-order chi connectivity index (χ1) is 9.70. The molecule has 0 unspecified atom stereocenters. The van der Waals surface area contributed by atoms with Gasteiger partial charge in [0.25, 0.3) is 10.0 Å². The number of furan rings is 1. The van der Waals surface area contributed by atoms with Crippen LogP contribution in [0.25, 0.3) is 0 Å². The molecule has 1 rings (SSSR count). The van der Waals surface area contributed by atoms with E-state index in [-0.39, 0.29) is 35.8 Å². The van der Waals surface area contributed by atoms with Gasteiger partial charge in [0.2, 0.25) is 5.09 Å². The van der Waals surface area contributed by atoms with Crippen LogP contribution in [0.4, 0.5) is 0 Å². The predicted octanol–water partition coefficient (Wildman–Crippen LogP) is 0.860. The molecule has 0 saturated carbocycles. The highest BCUT2D eigenvalue weighted by molar-refractivity contribution is 7.89. The van der Waals surface area contributed by atoms with E-state index in [1.54, 1.807) is 0 Å². The lowest BCUT2D eigenvalue weighted by molar-refractivity contribution is -0.137. The normalized spacial score (nSPS) is 11.6. The summed E-state index contributed by atoms with van der Waals surface area (Å²) in [6.45, 7) is 1.48. The summed E-state index contributed by atoms with van der Waals surface area (Å²) in [4.78, 5) is 21.9. The number of hydrogen-bond donors (Lipinski definition) is 1. The highest BCUT2D eigenvalue weighted by Gasteiger charge is 2.27. The Labute approximate surface area is 122 Å². The molecular formula is C12H17NO7S. The predicted molar refractivity (Wildman–Crippen MR) is 71.5 cm³/mol. The van der Waals surface area contributed by atoms with Gasteiger partial charge in [-0.2, -0.15) is 4.31 Å². The molecule has 1 N–H and O–H groups in total. The molecule has 0 aliphatic carbocycles. The summed E-state index contributed by atoms with van der Waals surface area (Å²) in [5.74, 6) is -1.55. The van der Waals surface area contributed by atoms with Gasteiger partial charge in [-0.3, -0.25) is 4.79 Å². The summed E-state index contributed by atoms with van der Waals surface area (Å²) in [6, 6.07) is 1.10. The van der Waals surface area contributed by atoms with E-state index in [9.17, 15) is 18.0 Å². The standard InChI is InChI=1S/C12H17NO7S/c1-8-9(12(16)19-3)7-11(20-8)21(17,18)13(2)6-4-5-10(14)15/h7H,4-6H2,1-3H3,(H,14,15). The molecule has 0 bridgehead atoms. The second-order valence-corrected chi connectivity index (χ2v) is 6.33. The number of sulfonamides is 1. The SMILES string of the molecule is COC(=O)c1cc(S(=O)(=O)N(C)CCCC(=O)O)oc1C. The topological polar surface area (TPSA) is 114 Å². The van der Waals surface area contributed by atoms with Crippen molar-refractivity contribution in [1.29, 1.82) is 0 Å². The number of ether oxygens (including phenoxy) is 1. The van der Waals surface area contributed by atoms with E-state index in [1.807, 2.05) is 0 Å². The minimum absolute atomic E-state index is 0.0297. The summed E-state index contributed by atoms with van der Waals surface area (Å²) in [7, 11) is -1.42. The highest BCUT2D eigenvalue weighted by atomic mass is 32.2. The fourth-order valence-electron chi connectivity index (χ4n) is 1.62. The summed E-state index contributed by atoms with van der Waals surface area (Å²) in [6.07, 6.45) is 0.0407. The molecule has 0 atom stereocenters. The first-order valence-corrected chi connectivity index (χ1v) is 7.51. The Hall–Kier alpha value is -1.87. The number of carboxylic acids is 1. The van der Waals surface area contributed by atoms with Gasteiger partial charge in [-0.25, -0.2) is 13.2 Å². The molecular weight excluding hydrogens is 302 g/mol. The van der Waals surface area contributed by atoms with Gasteiger partial charge in [0.15, 0.2) is 0 Å². The first kappa shape index (κ1) is 17.2. The van der Waals surface area contributed by atoms with Crippen molar-refractivity contribution in [3.05, 3.63) is 17.4 Å². The Morgan fingerprint density at radius 3 is 2.57 bits per heavy atom. The lowest BCUT2D eigenvalue weighted by Crippen LogP contribution is -2.28. The molecule has 8 nitrogen and oxygen atoms in total. The molecule has 0 aromatic carbocycles. The van der Waals surface area contributed by atoms with Crippen molar-refractivity contribution in [1.82, 2.24) is 4.31 Å². The Morgan fingerprint density at radius 2 is 2.05 bits per heavy atom. The summed E-state index contributed by atoms with van der Waals surface area (Å²) < 4.78 is 35.0. The molecule has 118 valence electrons. The third kappa shape index (κ3) is 4.05. The van der Waals surface area contributed by atoms with E-state index >= 15 is 0 Å². The fourth-order valence-corrected chi connectivity index (χ4v) is 2.79. The van der Waals surface area contributed by atoms with Crippen LogP contribution in [0.2, 0.25) is 0 Å². The quantitative estimate of drug-likeness (QED) is 0.741. The van der Waals surface area contributed by atoms with Gasteiger partial charge in [0.1, 0.15) is 11.3 Å². The minimum atomic E-state index is -3.91. The largest absolute Gasteiger partial charge is 0.481 e. The number of esters is 1. The monoisotopic (exact) mass is 319 g/mol. The number of aryl methyl sites for hydroxylation is 1. The zero-order valence-electron chi connectivity index (χ0n) is 12.0. The van der Waals surface area contributed by atoms with Crippen LogP contribution < -0.4 is 0 Å². The minimum Gasteiger partial charge on any atom is -0.481 e. The van der Waals surface area contributed by atoms with Gasteiger partial charge in [0.05, 0.1) is 7.11 Å². The van der Waals surface area contributed by atoms with Crippen LogP contribution in [0, 0.1) is 6.92 Å². The molecule has 0 amide bonds. The Bertz CT molecular complexity index is 632. The molecule has 0 saturated heterocycles. The van der Waals surface area contributed by atoms with Crippen LogP contribution in [-0.4, -0.2) is 50.5 Å². The maximum atomic E-state index is 12.2. The molecule has 21 heavy (non-hydrogen) atoms. The van der Waals surface area contributed by atoms with Crippen molar-refractivity contribution in [3.63, 3.8) is 0 Å². The summed E-state index contributed by atoms with van der Waals surface area (Å²) in [5.41, 5.74) is 0.0370. The van der Waals surface area contributed by atoms with Crippen LogP contribution in [0.5, 0.6) is 0 Å². The van der Waals surface area contributed by atoms with Crippen molar-refractivity contribution in [3.8, 4) is 0 Å². The fraction of sp³-hybridized carbons (Fsp3) is 0.500. The maximum Gasteiger partial charge on any atom is 0.341 e. The molecule has 1 aromatic heterocycles. The van der Waals surface area contributed by atoms with Gasteiger partial charge in [-0.05, 0) is 13.3 Å². The van der Waals surface area contributed by atoms with E-state index in [1.165, 1.54) is 21.1 Å². The number of carbonyl (C=O) groups is 2. The Morgan fingerprint density at radius 1 is 1.43 bits per heavy atom. The Balaban J connectivity index is 2.92. The van der Waals surface area contributed by atoms with Crippen LogP contribution in [-0.2, 0) is 19.6 Å². The maximum absolute atomic E-state index is 12.2. The van der Waals surface area contributed by atoms with Gasteiger partial charge < -0.3 is 14.3 Å². The van der Waals surface area contributed by atoms with E-state index in [0.717, 1.165) is 10.4 Å². The molecule has 1 aromatic rings. The van der Waals surface area contributed by atoms with Crippen molar-refractivity contribution in [2.45, 2.75) is 24.9 Å². The molecule has 0 radical (unpaired) electrons. The highest BCUT2D eigenvalue weighted by Crippen LogP contribution is 2.22. The number of methoxy groups -OCH3 is 1. The average Bonchev–Trinajstić information content (AvgIpc) is 2.80. The summed E-state index contributed by atoms with van der Waals surface area (Å²) >= 11 is 0. The van der Waals surface area contributed by atoms with Crippen LogP contribution in [0.1, 0.15) is 29.0 Å². The number of aliphatic carboxylic acids is 1. The van der Waals surface area contributed by atoms with Crippen LogP contribution in [0.3, 0.4) is 0 Å². The molecule has 0 aliphatic heterocycles. The molecule has 1 heterocycles. The van der Waals surface area contributed by atoms with Gasteiger partial charge >= 0.3 is 11.9 Å². The smallest absolute Gasteiger partial charge is 0.341 e. The Kier molecular flexibility index (Phi) is 5.50. The van der Waals surface area contributed by atoms with E-state index in [0.29, 0.717) is 0 Å². The first-order valence-electron chi connectivity index (χ1n) is 6.07. The summed E-state index contributed by atoms with van der Waals surface area (Å²) in [5, 5.41) is 8.16. The number of nitrogens with zero attached hydrogens (tertiary/aromatic N) is 1. The lowest BCUT2D eigenvalue weighted by Gasteiger charge is -2.14. The third-order valence-corrected chi connectivity index (χ3v) is 4.54. The van der Waals surface area contributed by atoms with Crippen molar-refractivity contribution < 1.29 is 32.3 Å². The number of rotatable bonds is 7. The number of hydrogen-bond acceptors (Lipinski definition) is 6. The van der Waals surface area contributed by atoms with E-state index < -0.39 is 22.0 Å². The van der Waals surface area contributed by atoms with E-state index in [4.69, 9.17) is 9.52 Å². The molecule has 9 heteroatoms. The number of carbonyl (C=O) groups excluding carboxylic acids is 1. The third-order valence-electron chi connectivity index (χ3n) is 2.83. The lowest BCUT2D eigenvalue weighted by atomic mass is 10.3. The molecule has 0 fully saturated rings. The van der Waals surface area contributed by atoms with Crippen LogP contribution >= 0.6 is 0 Å². The molecule has 0 spiro atoms. The second kappa shape index (κ2) is 6.72. The second-order valence-electron chi connectivity index (χ2n) is 4.35. The van der Waals surface area contributed by atoms with Crippen molar-refractivity contribution in [2.75, 3.05) is 20.7 Å². The zero-order chi connectivity index (χ0) is 16.2. The van der Waals surface area contributed by atoms with Crippen LogP contribution in [0.15, 0.2) is 15.6 Å². The van der Waals surface area contributed by atoms with Gasteiger partial charge in [-0.15, -0.1) is 0 Å². The zero-order valence-corrected chi connectivity index (χ0v) is 12.8. The van der Waals surface area contributed by atoms with Crippen molar-refractivity contribution >= 4 is 22.0 Å². The average molecular weight is 319 g/mol. The molecule has 0 aliphatic rings. The number of carboxylic acid groups (broad SMARTS) is 1. The van der Waals surface area contributed by atoms with Gasteiger partial charge in [-0.1, -0.05) is 0 Å².